The van der Waals surface area contributed by atoms with Crippen molar-refractivity contribution in [1.29, 1.82) is 5.26 Å². The van der Waals surface area contributed by atoms with Crippen LogP contribution in [-0.2, 0) is 21.2 Å². The minimum atomic E-state index is -3.58. The van der Waals surface area contributed by atoms with Crippen molar-refractivity contribution < 1.29 is 28.2 Å². The van der Waals surface area contributed by atoms with E-state index in [1.165, 1.54) is 11.1 Å². The number of rotatable bonds is 9. The molecule has 1 amide bonds. The van der Waals surface area contributed by atoms with Crippen LogP contribution in [0.15, 0.2) is 42.1 Å². The predicted octanol–water partition coefficient (Wildman–Crippen LogP) is 1.27. The number of anilines is 1. The molecule has 2 aliphatic carbocycles. The highest BCUT2D eigenvalue weighted by Gasteiger charge is 2.67. The molecule has 2 fully saturated rings. The first-order chi connectivity index (χ1) is 17.7. The fourth-order valence-corrected chi connectivity index (χ4v) is 7.28. The topological polar surface area (TPSA) is 153 Å². The number of ether oxygens (including phenoxy) is 1. The average molecular weight is 525 g/mol. The van der Waals surface area contributed by atoms with E-state index in [0.717, 1.165) is 5.56 Å². The second-order valence-electron chi connectivity index (χ2n) is 9.95. The maximum Gasteiger partial charge on any atom is 0.252 e. The number of nitriles is 1. The van der Waals surface area contributed by atoms with E-state index in [2.05, 4.69) is 10.3 Å². The number of nitrogens with zero attached hydrogens (tertiary/aromatic N) is 3. The molecule has 11 heteroatoms. The van der Waals surface area contributed by atoms with Crippen molar-refractivity contribution >= 4 is 27.5 Å². The smallest absolute Gasteiger partial charge is 0.252 e. The molecular formula is C26H28N4O6S. The van der Waals surface area contributed by atoms with Crippen molar-refractivity contribution in [1.82, 2.24) is 10.3 Å². The van der Waals surface area contributed by atoms with Crippen LogP contribution in [0.3, 0.4) is 0 Å². The summed E-state index contributed by atoms with van der Waals surface area (Å²) in [5.74, 6) is -0.280. The Labute approximate surface area is 215 Å². The number of nitrogens with one attached hydrogen (secondary N) is 1. The molecule has 5 rings (SSSR count). The molecule has 0 saturated heterocycles. The van der Waals surface area contributed by atoms with Gasteiger partial charge in [-0.05, 0) is 55.5 Å². The third-order valence-corrected chi connectivity index (χ3v) is 10.9. The molecule has 1 atom stereocenters. The van der Waals surface area contributed by atoms with Gasteiger partial charge in [-0.3, -0.25) is 4.79 Å². The number of aliphatic hydroxyl groups is 2. The predicted molar refractivity (Wildman–Crippen MR) is 135 cm³/mol. The van der Waals surface area contributed by atoms with Gasteiger partial charge >= 0.3 is 0 Å². The van der Waals surface area contributed by atoms with E-state index in [1.807, 2.05) is 6.07 Å². The molecule has 0 bridgehead atoms. The van der Waals surface area contributed by atoms with Gasteiger partial charge in [0.05, 0.1) is 28.6 Å². The van der Waals surface area contributed by atoms with Crippen LogP contribution in [0.1, 0.15) is 42.4 Å². The number of pyridine rings is 1. The van der Waals surface area contributed by atoms with E-state index >= 15 is 0 Å². The summed E-state index contributed by atoms with van der Waals surface area (Å²) in [4.78, 5) is 18.6. The number of carbonyl (C=O) groups is 1. The fraction of sp³-hybridized carbons (Fsp3) is 0.423. The van der Waals surface area contributed by atoms with Gasteiger partial charge in [0.25, 0.3) is 5.91 Å². The first kappa shape index (κ1) is 25.2. The van der Waals surface area contributed by atoms with Crippen molar-refractivity contribution in [2.45, 2.75) is 47.9 Å². The number of carbonyl (C=O) groups excluding carboxylic acids is 1. The lowest BCUT2D eigenvalue weighted by atomic mass is 10.0. The molecular weight excluding hydrogens is 496 g/mol. The van der Waals surface area contributed by atoms with E-state index in [-0.39, 0.29) is 31.2 Å². The van der Waals surface area contributed by atoms with Crippen molar-refractivity contribution in [2.75, 3.05) is 25.2 Å². The van der Waals surface area contributed by atoms with Crippen LogP contribution >= 0.6 is 0 Å². The second-order valence-corrected chi connectivity index (χ2v) is 12.7. The van der Waals surface area contributed by atoms with Gasteiger partial charge in [0.15, 0.2) is 16.1 Å². The van der Waals surface area contributed by atoms with Crippen LogP contribution < -0.4 is 15.0 Å². The van der Waals surface area contributed by atoms with Gasteiger partial charge in [-0.2, -0.15) is 5.26 Å². The maximum absolute atomic E-state index is 13.2. The van der Waals surface area contributed by atoms with E-state index < -0.39 is 31.5 Å². The number of amides is 1. The number of sulfone groups is 1. The summed E-state index contributed by atoms with van der Waals surface area (Å²) >= 11 is 0. The zero-order valence-corrected chi connectivity index (χ0v) is 21.2. The Balaban J connectivity index is 1.32. The number of hydrogen-bond donors (Lipinski definition) is 3. The SMILES string of the molecule is CN1c2c(ccnc2OCC2(S(=O)(=O)C3(CO)CC3)CC2)C=C(C(=O)NCc2ccc(C#N)cc2)C1O. The minimum Gasteiger partial charge on any atom is -0.474 e. The highest BCUT2D eigenvalue weighted by atomic mass is 32.2. The summed E-state index contributed by atoms with van der Waals surface area (Å²) in [6.45, 7) is -0.250. The fourth-order valence-electron chi connectivity index (χ4n) is 4.70. The zero-order chi connectivity index (χ0) is 26.4. The van der Waals surface area contributed by atoms with E-state index in [0.29, 0.717) is 42.5 Å². The number of likely N-dealkylation sites (N-methyl/N-ethyl adjacent to an activating group) is 1. The summed E-state index contributed by atoms with van der Waals surface area (Å²) in [6, 6.07) is 10.6. The molecule has 2 aromatic rings. The van der Waals surface area contributed by atoms with E-state index in [4.69, 9.17) is 10.00 Å². The van der Waals surface area contributed by atoms with Crippen LogP contribution in [0.4, 0.5) is 5.69 Å². The molecule has 1 aromatic carbocycles. The van der Waals surface area contributed by atoms with Crippen molar-refractivity contribution in [3.05, 3.63) is 58.8 Å². The van der Waals surface area contributed by atoms with Gasteiger partial charge in [-0.1, -0.05) is 12.1 Å². The standard InChI is InChI=1S/C26H28N4O6S/c1-30-21-19(12-20(24(30)33)22(32)29-14-18-4-2-17(13-27)3-5-18)6-11-28-23(21)36-16-26(9-10-26)37(34,35)25(15-31)7-8-25/h2-6,11-12,24,31,33H,7-10,14-16H2,1H3,(H,29,32). The minimum absolute atomic E-state index is 0.0912. The number of aliphatic hydroxyl groups excluding tert-OH is 2. The monoisotopic (exact) mass is 524 g/mol. The summed E-state index contributed by atoms with van der Waals surface area (Å²) in [5, 5.41) is 32.3. The number of aromatic nitrogens is 1. The lowest BCUT2D eigenvalue weighted by molar-refractivity contribution is -0.118. The summed E-state index contributed by atoms with van der Waals surface area (Å²) in [7, 11) is -1.98. The molecule has 1 aliphatic heterocycles. The molecule has 1 aromatic heterocycles. The van der Waals surface area contributed by atoms with Gasteiger partial charge in [0, 0.05) is 25.4 Å². The first-order valence-electron chi connectivity index (χ1n) is 12.0. The van der Waals surface area contributed by atoms with Crippen molar-refractivity contribution in [2.24, 2.45) is 0 Å². The normalized spacial score (nSPS) is 20.8. The molecule has 37 heavy (non-hydrogen) atoms. The molecule has 10 nitrogen and oxygen atoms in total. The van der Waals surface area contributed by atoms with Crippen LogP contribution in [0.5, 0.6) is 5.88 Å². The van der Waals surface area contributed by atoms with Gasteiger partial charge in [-0.15, -0.1) is 0 Å². The summed E-state index contributed by atoms with van der Waals surface area (Å²) in [6.07, 6.45) is 3.65. The molecule has 194 valence electrons. The number of benzene rings is 1. The summed E-state index contributed by atoms with van der Waals surface area (Å²) in [5.41, 5.74) is 2.53. The lowest BCUT2D eigenvalue weighted by Gasteiger charge is -2.33. The Morgan fingerprint density at radius 2 is 1.89 bits per heavy atom. The molecule has 3 aliphatic rings. The Hall–Kier alpha value is -3.46. The van der Waals surface area contributed by atoms with E-state index in [9.17, 15) is 23.4 Å². The van der Waals surface area contributed by atoms with E-state index in [1.54, 1.807) is 43.5 Å². The molecule has 2 heterocycles. The zero-order valence-electron chi connectivity index (χ0n) is 20.3. The van der Waals surface area contributed by atoms with Crippen molar-refractivity contribution in [3.8, 4) is 11.9 Å². The first-order valence-corrected chi connectivity index (χ1v) is 13.5. The van der Waals surface area contributed by atoms with Gasteiger partial charge in [0.2, 0.25) is 5.88 Å². The Kier molecular flexibility index (Phi) is 6.22. The van der Waals surface area contributed by atoms with Gasteiger partial charge in [-0.25, -0.2) is 13.4 Å². The van der Waals surface area contributed by atoms with Gasteiger partial charge in [0.1, 0.15) is 17.0 Å². The highest BCUT2D eigenvalue weighted by Crippen LogP contribution is 2.56. The highest BCUT2D eigenvalue weighted by molar-refractivity contribution is 7.94. The molecule has 0 spiro atoms. The van der Waals surface area contributed by atoms with Crippen LogP contribution in [0.2, 0.25) is 0 Å². The van der Waals surface area contributed by atoms with Crippen LogP contribution in [-0.4, -0.2) is 65.5 Å². The molecule has 0 radical (unpaired) electrons. The Bertz CT molecular complexity index is 1410. The summed E-state index contributed by atoms with van der Waals surface area (Å²) < 4.78 is 30.2. The molecule has 1 unspecified atom stereocenters. The molecule has 2 saturated carbocycles. The molecule has 3 N–H and O–H groups in total. The van der Waals surface area contributed by atoms with Crippen molar-refractivity contribution in [3.63, 3.8) is 0 Å². The largest absolute Gasteiger partial charge is 0.474 e. The van der Waals surface area contributed by atoms with Crippen LogP contribution in [0.25, 0.3) is 6.08 Å². The van der Waals surface area contributed by atoms with Gasteiger partial charge < -0.3 is 25.2 Å². The lowest BCUT2D eigenvalue weighted by Crippen LogP contribution is -2.43. The number of hydrogen-bond acceptors (Lipinski definition) is 9. The average Bonchev–Trinajstić information content (AvgIpc) is 3.83. The number of fused-ring (bicyclic) bond motifs is 1. The Morgan fingerprint density at radius 1 is 1.22 bits per heavy atom. The third-order valence-electron chi connectivity index (χ3n) is 7.54. The maximum atomic E-state index is 13.2. The second kappa shape index (κ2) is 9.13. The quantitative estimate of drug-likeness (QED) is 0.440. The Morgan fingerprint density at radius 3 is 2.49 bits per heavy atom. The third kappa shape index (κ3) is 4.25. The van der Waals surface area contributed by atoms with Crippen LogP contribution in [0, 0.1) is 11.3 Å².